The molecule has 0 aliphatic rings. The van der Waals surface area contributed by atoms with Crippen LogP contribution in [0.4, 0.5) is 5.69 Å². The molecule has 27 heavy (non-hydrogen) atoms. The molecular formula is C23H26N2OS. The molecule has 3 aromatic rings. The lowest BCUT2D eigenvalue weighted by atomic mass is 9.86. The summed E-state index contributed by atoms with van der Waals surface area (Å²) in [4.78, 5) is 16.7. The number of rotatable bonds is 5. The number of aromatic nitrogens is 1. The van der Waals surface area contributed by atoms with Crippen molar-refractivity contribution in [2.45, 2.75) is 46.0 Å². The fourth-order valence-corrected chi connectivity index (χ4v) is 3.50. The number of carbonyl (C=O) groups excluding carboxylic acids is 1. The monoisotopic (exact) mass is 378 g/mol. The number of hydrogen-bond donors (Lipinski definition) is 1. The number of benzene rings is 2. The summed E-state index contributed by atoms with van der Waals surface area (Å²) < 4.78 is 0. The van der Waals surface area contributed by atoms with Gasteiger partial charge in [-0.1, -0.05) is 57.2 Å². The van der Waals surface area contributed by atoms with Crippen LogP contribution >= 0.6 is 11.3 Å². The highest BCUT2D eigenvalue weighted by molar-refractivity contribution is 7.09. The van der Waals surface area contributed by atoms with E-state index < -0.39 is 0 Å². The molecule has 0 radical (unpaired) electrons. The van der Waals surface area contributed by atoms with Crippen molar-refractivity contribution in [2.24, 2.45) is 0 Å². The lowest BCUT2D eigenvalue weighted by molar-refractivity contribution is -0.116. The molecule has 1 heterocycles. The highest BCUT2D eigenvalue weighted by atomic mass is 32.1. The van der Waals surface area contributed by atoms with Gasteiger partial charge in [-0.15, -0.1) is 11.3 Å². The Morgan fingerprint density at radius 2 is 1.70 bits per heavy atom. The molecule has 0 aliphatic carbocycles. The molecular weight excluding hydrogens is 352 g/mol. The average Bonchev–Trinajstić information content (AvgIpc) is 3.07. The molecule has 1 N–H and O–H groups in total. The zero-order valence-corrected chi connectivity index (χ0v) is 17.2. The fourth-order valence-electron chi connectivity index (χ4n) is 2.87. The van der Waals surface area contributed by atoms with Gasteiger partial charge in [-0.2, -0.15) is 0 Å². The van der Waals surface area contributed by atoms with Crippen LogP contribution in [0, 0.1) is 6.92 Å². The second-order valence-electron chi connectivity index (χ2n) is 7.82. The van der Waals surface area contributed by atoms with E-state index in [1.807, 2.05) is 36.6 Å². The van der Waals surface area contributed by atoms with Gasteiger partial charge in [0.05, 0.1) is 10.7 Å². The standard InChI is InChI=1S/C23H26N2OS/c1-16-24-21(15-27-16)18-8-12-20(13-9-18)25-22(26)14-7-17-5-10-19(11-6-17)23(2,3)4/h5-6,8-13,15H,7,14H2,1-4H3,(H,25,26). The van der Waals surface area contributed by atoms with Crippen LogP contribution in [-0.2, 0) is 16.6 Å². The van der Waals surface area contributed by atoms with Crippen molar-refractivity contribution in [1.29, 1.82) is 0 Å². The van der Waals surface area contributed by atoms with E-state index in [1.54, 1.807) is 11.3 Å². The number of hydrogen-bond acceptors (Lipinski definition) is 3. The van der Waals surface area contributed by atoms with Gasteiger partial charge in [0.15, 0.2) is 0 Å². The van der Waals surface area contributed by atoms with Gasteiger partial charge in [-0.3, -0.25) is 4.79 Å². The summed E-state index contributed by atoms with van der Waals surface area (Å²) in [5.74, 6) is 0.0344. The first-order chi connectivity index (χ1) is 12.8. The molecule has 0 aliphatic heterocycles. The van der Waals surface area contributed by atoms with Gasteiger partial charge in [0.2, 0.25) is 5.91 Å². The van der Waals surface area contributed by atoms with Gasteiger partial charge in [-0.25, -0.2) is 4.98 Å². The van der Waals surface area contributed by atoms with Crippen molar-refractivity contribution in [3.05, 3.63) is 70.0 Å². The quantitative estimate of drug-likeness (QED) is 0.593. The topological polar surface area (TPSA) is 42.0 Å². The minimum atomic E-state index is 0.0344. The Morgan fingerprint density at radius 3 is 2.26 bits per heavy atom. The molecule has 2 aromatic carbocycles. The SMILES string of the molecule is Cc1nc(-c2ccc(NC(=O)CCc3ccc(C(C)(C)C)cc3)cc2)cs1. The number of carbonyl (C=O) groups is 1. The zero-order valence-electron chi connectivity index (χ0n) is 16.4. The highest BCUT2D eigenvalue weighted by Gasteiger charge is 2.13. The van der Waals surface area contributed by atoms with Crippen LogP contribution < -0.4 is 5.32 Å². The molecule has 3 nitrogen and oxygen atoms in total. The molecule has 0 bridgehead atoms. The normalized spacial score (nSPS) is 11.4. The molecule has 4 heteroatoms. The van der Waals surface area contributed by atoms with Crippen LogP contribution in [0.3, 0.4) is 0 Å². The maximum absolute atomic E-state index is 12.2. The van der Waals surface area contributed by atoms with E-state index in [-0.39, 0.29) is 11.3 Å². The Hall–Kier alpha value is -2.46. The van der Waals surface area contributed by atoms with E-state index in [4.69, 9.17) is 0 Å². The van der Waals surface area contributed by atoms with Gasteiger partial charge < -0.3 is 5.32 Å². The number of anilines is 1. The second-order valence-corrected chi connectivity index (χ2v) is 8.89. The van der Waals surface area contributed by atoms with Crippen LogP contribution in [0.1, 0.15) is 43.3 Å². The number of thiazole rings is 1. The summed E-state index contributed by atoms with van der Waals surface area (Å²) in [5, 5.41) is 6.08. The van der Waals surface area contributed by atoms with Crippen LogP contribution in [0.25, 0.3) is 11.3 Å². The largest absolute Gasteiger partial charge is 0.326 e. The van der Waals surface area contributed by atoms with Crippen LogP contribution in [0.2, 0.25) is 0 Å². The summed E-state index contributed by atoms with van der Waals surface area (Å²) in [5.41, 5.74) is 5.52. The van der Waals surface area contributed by atoms with E-state index in [9.17, 15) is 4.79 Å². The number of nitrogens with zero attached hydrogens (tertiary/aromatic N) is 1. The lowest BCUT2D eigenvalue weighted by Gasteiger charge is -2.19. The van der Waals surface area contributed by atoms with E-state index >= 15 is 0 Å². The summed E-state index contributed by atoms with van der Waals surface area (Å²) in [6.45, 7) is 8.61. The van der Waals surface area contributed by atoms with Crippen LogP contribution in [0.15, 0.2) is 53.9 Å². The zero-order chi connectivity index (χ0) is 19.4. The summed E-state index contributed by atoms with van der Waals surface area (Å²) in [6, 6.07) is 16.4. The molecule has 3 rings (SSSR count). The van der Waals surface area contributed by atoms with Gasteiger partial charge in [0.1, 0.15) is 0 Å². The molecule has 0 fully saturated rings. The van der Waals surface area contributed by atoms with Crippen LogP contribution in [-0.4, -0.2) is 10.9 Å². The number of nitrogens with one attached hydrogen (secondary N) is 1. The average molecular weight is 379 g/mol. The predicted molar refractivity (Wildman–Crippen MR) is 114 cm³/mol. The predicted octanol–water partition coefficient (Wildman–Crippen LogP) is 5.99. The maximum Gasteiger partial charge on any atom is 0.224 e. The molecule has 1 amide bonds. The molecule has 0 atom stereocenters. The smallest absolute Gasteiger partial charge is 0.224 e. The fraction of sp³-hybridized carbons (Fsp3) is 0.304. The highest BCUT2D eigenvalue weighted by Crippen LogP contribution is 2.24. The minimum absolute atomic E-state index is 0.0344. The molecule has 140 valence electrons. The second kappa shape index (κ2) is 8.05. The van der Waals surface area contributed by atoms with E-state index in [0.29, 0.717) is 6.42 Å². The minimum Gasteiger partial charge on any atom is -0.326 e. The first-order valence-corrected chi connectivity index (χ1v) is 10.1. The van der Waals surface area contributed by atoms with Crippen molar-refractivity contribution in [3.8, 4) is 11.3 Å². The van der Waals surface area contributed by atoms with Crippen molar-refractivity contribution in [1.82, 2.24) is 4.98 Å². The first kappa shape index (κ1) is 19.3. The van der Waals surface area contributed by atoms with Crippen molar-refractivity contribution < 1.29 is 4.79 Å². The van der Waals surface area contributed by atoms with Crippen molar-refractivity contribution in [3.63, 3.8) is 0 Å². The first-order valence-electron chi connectivity index (χ1n) is 9.23. The lowest BCUT2D eigenvalue weighted by Crippen LogP contribution is -2.13. The molecule has 0 unspecified atom stereocenters. The van der Waals surface area contributed by atoms with Crippen molar-refractivity contribution in [2.75, 3.05) is 5.32 Å². The van der Waals surface area contributed by atoms with Gasteiger partial charge in [-0.05, 0) is 42.0 Å². The third-order valence-electron chi connectivity index (χ3n) is 4.54. The molecule has 0 saturated heterocycles. The Morgan fingerprint density at radius 1 is 1.04 bits per heavy atom. The number of aryl methyl sites for hydroxylation is 2. The Bertz CT molecular complexity index is 903. The van der Waals surface area contributed by atoms with Gasteiger partial charge in [0.25, 0.3) is 0 Å². The van der Waals surface area contributed by atoms with Crippen molar-refractivity contribution >= 4 is 22.9 Å². The van der Waals surface area contributed by atoms with Gasteiger partial charge >= 0.3 is 0 Å². The third-order valence-corrected chi connectivity index (χ3v) is 5.32. The summed E-state index contributed by atoms with van der Waals surface area (Å²) >= 11 is 1.64. The van der Waals surface area contributed by atoms with E-state index in [2.05, 4.69) is 55.3 Å². The summed E-state index contributed by atoms with van der Waals surface area (Å²) in [6.07, 6.45) is 1.22. The Kier molecular flexibility index (Phi) is 5.76. The Balaban J connectivity index is 1.53. The maximum atomic E-state index is 12.2. The van der Waals surface area contributed by atoms with E-state index in [0.717, 1.165) is 28.4 Å². The summed E-state index contributed by atoms with van der Waals surface area (Å²) in [7, 11) is 0. The van der Waals surface area contributed by atoms with E-state index in [1.165, 1.54) is 11.1 Å². The molecule has 1 aromatic heterocycles. The molecule has 0 spiro atoms. The Labute approximate surface area is 165 Å². The number of amides is 1. The third kappa shape index (κ3) is 5.27. The molecule has 0 saturated carbocycles. The van der Waals surface area contributed by atoms with Crippen LogP contribution in [0.5, 0.6) is 0 Å². The van der Waals surface area contributed by atoms with Gasteiger partial charge in [0, 0.05) is 23.1 Å².